The zero-order valence-electron chi connectivity index (χ0n) is 25.8. The van der Waals surface area contributed by atoms with Gasteiger partial charge in [0.2, 0.25) is 11.8 Å². The standard InChI is InChI=1S/C33H41N7O3/c1-33(2,3)22-17-21(19-40-16-14-23(20-40)39(4)5)30(42-6)27(18-22)37-32(41)36-26-11-12-28(25-10-8-7-9-24(25)26)43-29-13-15-35-31(34)38-29/h7-13,15,17-18,23H,14,16,19-20H2,1-6H3,(H2,34,35,38)(H2,36,37,41). The Kier molecular flexibility index (Phi) is 8.70. The lowest BCUT2D eigenvalue weighted by atomic mass is 9.85. The van der Waals surface area contributed by atoms with Gasteiger partial charge in [-0.25, -0.2) is 9.78 Å². The number of benzene rings is 3. The molecule has 0 radical (unpaired) electrons. The van der Waals surface area contributed by atoms with Crippen molar-refractivity contribution in [1.29, 1.82) is 0 Å². The van der Waals surface area contributed by atoms with E-state index in [2.05, 4.69) is 71.3 Å². The smallest absolute Gasteiger partial charge is 0.323 e. The molecular weight excluding hydrogens is 542 g/mol. The Labute approximate surface area is 253 Å². The Morgan fingerprint density at radius 2 is 1.81 bits per heavy atom. The Bertz CT molecular complexity index is 1620. The number of methoxy groups -OCH3 is 1. The lowest BCUT2D eigenvalue weighted by Crippen LogP contribution is -2.31. The largest absolute Gasteiger partial charge is 0.494 e. The van der Waals surface area contributed by atoms with E-state index >= 15 is 0 Å². The average Bonchev–Trinajstić information content (AvgIpc) is 3.43. The number of nitrogens with two attached hydrogens (primary N) is 1. The van der Waals surface area contributed by atoms with E-state index in [9.17, 15) is 4.79 Å². The fraction of sp³-hybridized carbons (Fsp3) is 0.364. The number of fused-ring (bicyclic) bond motifs is 1. The minimum Gasteiger partial charge on any atom is -0.494 e. The van der Waals surface area contributed by atoms with Gasteiger partial charge in [-0.15, -0.1) is 0 Å². The maximum Gasteiger partial charge on any atom is 0.323 e. The first-order valence-corrected chi connectivity index (χ1v) is 14.5. The van der Waals surface area contributed by atoms with Crippen LogP contribution in [0.3, 0.4) is 0 Å². The molecule has 10 heteroatoms. The minimum atomic E-state index is -0.369. The van der Waals surface area contributed by atoms with Crippen LogP contribution in [0.4, 0.5) is 22.1 Å². The molecule has 1 unspecified atom stereocenters. The number of urea groups is 1. The fourth-order valence-corrected chi connectivity index (χ4v) is 5.46. The maximum atomic E-state index is 13.5. The van der Waals surface area contributed by atoms with Crippen LogP contribution in [0.25, 0.3) is 10.8 Å². The normalized spacial score (nSPS) is 15.6. The first kappa shape index (κ1) is 30.1. The number of likely N-dealkylation sites (N-methyl/N-ethyl adjacent to an activating group) is 1. The molecule has 5 rings (SSSR count). The van der Waals surface area contributed by atoms with E-state index in [1.54, 1.807) is 25.4 Å². The topological polar surface area (TPSA) is 118 Å². The van der Waals surface area contributed by atoms with Gasteiger partial charge in [-0.3, -0.25) is 4.90 Å². The maximum absolute atomic E-state index is 13.5. The van der Waals surface area contributed by atoms with Gasteiger partial charge in [0, 0.05) is 54.3 Å². The Balaban J connectivity index is 1.41. The highest BCUT2D eigenvalue weighted by molar-refractivity contribution is 6.08. The monoisotopic (exact) mass is 583 g/mol. The lowest BCUT2D eigenvalue weighted by Gasteiger charge is -2.26. The zero-order chi connectivity index (χ0) is 30.7. The Morgan fingerprint density at radius 3 is 2.49 bits per heavy atom. The predicted molar refractivity (Wildman–Crippen MR) is 172 cm³/mol. The molecule has 1 aliphatic heterocycles. The molecule has 0 aliphatic carbocycles. The fourth-order valence-electron chi connectivity index (χ4n) is 5.46. The summed E-state index contributed by atoms with van der Waals surface area (Å²) in [6, 6.07) is 17.3. The molecule has 10 nitrogen and oxygen atoms in total. The SMILES string of the molecule is COc1c(CN2CCC(N(C)C)C2)cc(C(C)(C)C)cc1NC(=O)Nc1ccc(Oc2ccnc(N)n2)c2ccccc12. The molecule has 0 spiro atoms. The number of carbonyl (C=O) groups excluding carboxylic acids is 1. The van der Waals surface area contributed by atoms with E-state index in [1.807, 2.05) is 36.4 Å². The summed E-state index contributed by atoms with van der Waals surface area (Å²) >= 11 is 0. The van der Waals surface area contributed by atoms with Gasteiger partial charge in [-0.2, -0.15) is 4.98 Å². The highest BCUT2D eigenvalue weighted by Crippen LogP contribution is 2.38. The number of nitrogens with one attached hydrogen (secondary N) is 2. The molecule has 1 aliphatic rings. The molecule has 4 N–H and O–H groups in total. The molecule has 4 aromatic rings. The second-order valence-electron chi connectivity index (χ2n) is 12.2. The van der Waals surface area contributed by atoms with Gasteiger partial charge < -0.3 is 30.7 Å². The number of ether oxygens (including phenoxy) is 2. The van der Waals surface area contributed by atoms with E-state index in [4.69, 9.17) is 15.2 Å². The lowest BCUT2D eigenvalue weighted by molar-refractivity contribution is 0.261. The molecular formula is C33H41N7O3. The van der Waals surface area contributed by atoms with Gasteiger partial charge in [0.05, 0.1) is 18.5 Å². The molecule has 226 valence electrons. The third-order valence-corrected chi connectivity index (χ3v) is 7.85. The van der Waals surface area contributed by atoms with E-state index in [-0.39, 0.29) is 17.4 Å². The zero-order valence-corrected chi connectivity index (χ0v) is 25.8. The van der Waals surface area contributed by atoms with Crippen LogP contribution in [0.2, 0.25) is 0 Å². The van der Waals surface area contributed by atoms with Crippen LogP contribution in [0.15, 0.2) is 60.8 Å². The van der Waals surface area contributed by atoms with Crippen LogP contribution in [-0.2, 0) is 12.0 Å². The number of hydrogen-bond donors (Lipinski definition) is 3. The van der Waals surface area contributed by atoms with Crippen molar-refractivity contribution in [3.8, 4) is 17.4 Å². The first-order chi connectivity index (χ1) is 20.5. The molecule has 2 amide bonds. The molecule has 1 aromatic heterocycles. The van der Waals surface area contributed by atoms with Crippen LogP contribution < -0.4 is 25.8 Å². The third-order valence-electron chi connectivity index (χ3n) is 7.85. The molecule has 1 saturated heterocycles. The summed E-state index contributed by atoms with van der Waals surface area (Å²) in [5.41, 5.74) is 9.05. The molecule has 3 aromatic carbocycles. The van der Waals surface area contributed by atoms with E-state index in [0.29, 0.717) is 34.8 Å². The van der Waals surface area contributed by atoms with Crippen molar-refractivity contribution < 1.29 is 14.3 Å². The molecule has 0 bridgehead atoms. The number of aromatic nitrogens is 2. The summed E-state index contributed by atoms with van der Waals surface area (Å²) in [6.45, 7) is 9.28. The van der Waals surface area contributed by atoms with Gasteiger partial charge in [-0.1, -0.05) is 51.1 Å². The number of nitrogen functional groups attached to an aromatic ring is 1. The second kappa shape index (κ2) is 12.4. The minimum absolute atomic E-state index is 0.120. The van der Waals surface area contributed by atoms with Crippen molar-refractivity contribution in [3.63, 3.8) is 0 Å². The third kappa shape index (κ3) is 6.98. The van der Waals surface area contributed by atoms with Gasteiger partial charge in [0.25, 0.3) is 0 Å². The summed E-state index contributed by atoms with van der Waals surface area (Å²) < 4.78 is 11.9. The summed E-state index contributed by atoms with van der Waals surface area (Å²) in [4.78, 5) is 26.3. The highest BCUT2D eigenvalue weighted by Gasteiger charge is 2.27. The van der Waals surface area contributed by atoms with E-state index < -0.39 is 0 Å². The van der Waals surface area contributed by atoms with Crippen LogP contribution >= 0.6 is 0 Å². The van der Waals surface area contributed by atoms with Crippen LogP contribution in [0, 0.1) is 0 Å². The van der Waals surface area contributed by atoms with Crippen molar-refractivity contribution in [3.05, 3.63) is 71.9 Å². The number of anilines is 3. The second-order valence-corrected chi connectivity index (χ2v) is 12.2. The summed E-state index contributed by atoms with van der Waals surface area (Å²) in [5.74, 6) is 1.73. The number of rotatable bonds is 8. The molecule has 1 atom stereocenters. The number of likely N-dealkylation sites (tertiary alicyclic amines) is 1. The Morgan fingerprint density at radius 1 is 1.07 bits per heavy atom. The molecule has 2 heterocycles. The molecule has 1 fully saturated rings. The van der Waals surface area contributed by atoms with E-state index in [1.165, 1.54) is 0 Å². The molecule has 43 heavy (non-hydrogen) atoms. The first-order valence-electron chi connectivity index (χ1n) is 14.5. The van der Waals surface area contributed by atoms with Crippen LogP contribution in [0.1, 0.15) is 38.3 Å². The average molecular weight is 584 g/mol. The van der Waals surface area contributed by atoms with Gasteiger partial charge in [0.15, 0.2) is 0 Å². The van der Waals surface area contributed by atoms with Crippen molar-refractivity contribution in [2.24, 2.45) is 0 Å². The van der Waals surface area contributed by atoms with Crippen molar-refractivity contribution in [2.45, 2.75) is 45.2 Å². The Hall–Kier alpha value is -4.41. The van der Waals surface area contributed by atoms with Crippen molar-refractivity contribution >= 4 is 34.1 Å². The summed E-state index contributed by atoms with van der Waals surface area (Å²) in [5, 5.41) is 7.74. The number of nitrogens with zero attached hydrogens (tertiary/aromatic N) is 4. The van der Waals surface area contributed by atoms with E-state index in [0.717, 1.165) is 48.0 Å². The van der Waals surface area contributed by atoms with Crippen molar-refractivity contribution in [1.82, 2.24) is 19.8 Å². The van der Waals surface area contributed by atoms with Gasteiger partial charge in [0.1, 0.15) is 11.5 Å². The van der Waals surface area contributed by atoms with Crippen LogP contribution in [-0.4, -0.2) is 66.1 Å². The highest BCUT2D eigenvalue weighted by atomic mass is 16.5. The van der Waals surface area contributed by atoms with Crippen LogP contribution in [0.5, 0.6) is 17.4 Å². The number of carbonyl (C=O) groups is 1. The predicted octanol–water partition coefficient (Wildman–Crippen LogP) is 6.09. The van der Waals surface area contributed by atoms with Gasteiger partial charge >= 0.3 is 6.03 Å². The van der Waals surface area contributed by atoms with Gasteiger partial charge in [-0.05, 0) is 49.7 Å². The number of amides is 2. The quantitative estimate of drug-likeness (QED) is 0.228. The number of hydrogen-bond acceptors (Lipinski definition) is 8. The summed E-state index contributed by atoms with van der Waals surface area (Å²) in [6.07, 6.45) is 2.67. The van der Waals surface area contributed by atoms with Crippen molar-refractivity contribution in [2.75, 3.05) is 50.7 Å². The molecule has 0 saturated carbocycles. The summed E-state index contributed by atoms with van der Waals surface area (Å²) in [7, 11) is 5.92.